The lowest BCUT2D eigenvalue weighted by Crippen LogP contribution is -2.36. The molecule has 0 saturated heterocycles. The molecule has 2 saturated carbocycles. The van der Waals surface area contributed by atoms with Crippen LogP contribution in [0.25, 0.3) is 0 Å². The number of aromatic nitrogens is 3. The second-order valence-corrected chi connectivity index (χ2v) is 13.0. The topological polar surface area (TPSA) is 163 Å². The number of amides is 2. The molecule has 0 radical (unpaired) electrons. The Morgan fingerprint density at radius 1 is 0.977 bits per heavy atom. The Hall–Kier alpha value is -4.98. The number of hydrogen-bond donors (Lipinski definition) is 2. The maximum absolute atomic E-state index is 13.7. The Labute approximate surface area is 254 Å². The second kappa shape index (κ2) is 9.51. The number of allylic oxidation sites excluding steroid dienone is 1. The van der Waals surface area contributed by atoms with Gasteiger partial charge in [0.15, 0.2) is 11.6 Å². The lowest BCUT2D eigenvalue weighted by atomic mass is 9.73. The van der Waals surface area contributed by atoms with E-state index >= 15 is 0 Å². The number of hydrogen-bond acceptors (Lipinski definition) is 8. The van der Waals surface area contributed by atoms with E-state index < -0.39 is 27.4 Å². The monoisotopic (exact) mass is 613 g/mol. The number of anilines is 2. The van der Waals surface area contributed by atoms with Crippen LogP contribution in [0.4, 0.5) is 17.1 Å². The summed E-state index contributed by atoms with van der Waals surface area (Å²) in [4.78, 5) is 67.3. The zero-order valence-electron chi connectivity index (χ0n) is 24.2. The molecule has 7 rings (SSSR count). The average Bonchev–Trinajstić information content (AvgIpc) is 3.63. The van der Waals surface area contributed by atoms with E-state index in [1.807, 2.05) is 6.08 Å². The van der Waals surface area contributed by atoms with Crippen LogP contribution in [0.2, 0.25) is 0 Å². The summed E-state index contributed by atoms with van der Waals surface area (Å²) in [5, 5.41) is 16.2. The van der Waals surface area contributed by atoms with Gasteiger partial charge in [-0.25, -0.2) is 0 Å². The van der Waals surface area contributed by atoms with E-state index in [1.165, 1.54) is 29.9 Å². The predicted molar refractivity (Wildman–Crippen MR) is 163 cm³/mol. The Kier molecular flexibility index (Phi) is 6.01. The van der Waals surface area contributed by atoms with Crippen molar-refractivity contribution in [1.29, 1.82) is 0 Å². The second-order valence-electron chi connectivity index (χ2n) is 11.6. The molecule has 14 heteroatoms. The lowest BCUT2D eigenvalue weighted by molar-refractivity contribution is -0.384. The molecule has 5 heterocycles. The summed E-state index contributed by atoms with van der Waals surface area (Å²) >= 11 is 1.57. The highest BCUT2D eigenvalue weighted by atomic mass is 32.2. The zero-order valence-corrected chi connectivity index (χ0v) is 25.0. The minimum Gasteiger partial charge on any atom is -0.346 e. The van der Waals surface area contributed by atoms with Crippen LogP contribution in [0.1, 0.15) is 44.8 Å². The van der Waals surface area contributed by atoms with Gasteiger partial charge in [0.1, 0.15) is 16.8 Å². The van der Waals surface area contributed by atoms with Crippen molar-refractivity contribution in [3.63, 3.8) is 0 Å². The van der Waals surface area contributed by atoms with E-state index in [0.29, 0.717) is 17.1 Å². The van der Waals surface area contributed by atoms with Crippen molar-refractivity contribution >= 4 is 57.9 Å². The lowest BCUT2D eigenvalue weighted by Gasteiger charge is -2.32. The molecule has 44 heavy (non-hydrogen) atoms. The number of aliphatic imine (C=N–C) groups is 1. The summed E-state index contributed by atoms with van der Waals surface area (Å²) in [6.45, 7) is 2.09. The Morgan fingerprint density at radius 3 is 2.18 bits per heavy atom. The van der Waals surface area contributed by atoms with E-state index in [1.54, 1.807) is 59.7 Å². The fourth-order valence-electron chi connectivity index (χ4n) is 6.67. The SMILES string of the molecule is C[C@H]1C[C@H]2SC(C(=O)c3cc(NC(=O)c4cc(NC(=O)c5cc([N+](=O)[O-])cn5C)cn4C)cn3C)C=C2C23C(=O)C2=CN=C13. The molecule has 0 aromatic carbocycles. The molecule has 4 aliphatic rings. The Bertz CT molecular complexity index is 1960. The summed E-state index contributed by atoms with van der Waals surface area (Å²) in [7, 11) is 4.91. The van der Waals surface area contributed by atoms with Crippen LogP contribution in [-0.4, -0.2) is 58.2 Å². The Balaban J connectivity index is 1.05. The summed E-state index contributed by atoms with van der Waals surface area (Å²) in [5.41, 5.74) is 3.25. The maximum atomic E-state index is 13.7. The number of carbonyl (C=O) groups is 4. The van der Waals surface area contributed by atoms with Crippen LogP contribution in [0.5, 0.6) is 0 Å². The fourth-order valence-corrected chi connectivity index (χ4v) is 8.30. The van der Waals surface area contributed by atoms with E-state index in [4.69, 9.17) is 0 Å². The number of Topliss-reactive ketones (excluding diaryl/α,β-unsaturated/α-hetero) is 2. The third-order valence-electron chi connectivity index (χ3n) is 8.80. The summed E-state index contributed by atoms with van der Waals surface area (Å²) < 4.78 is 4.57. The van der Waals surface area contributed by atoms with Gasteiger partial charge in [-0.1, -0.05) is 13.0 Å². The third-order valence-corrected chi connectivity index (χ3v) is 10.2. The van der Waals surface area contributed by atoms with Crippen molar-refractivity contribution in [2.75, 3.05) is 10.6 Å². The molecule has 224 valence electrons. The molecule has 13 nitrogen and oxygen atoms in total. The van der Waals surface area contributed by atoms with Crippen molar-refractivity contribution < 1.29 is 24.1 Å². The van der Waals surface area contributed by atoms with Crippen LogP contribution in [0.15, 0.2) is 65.2 Å². The van der Waals surface area contributed by atoms with Gasteiger partial charge in [-0.3, -0.25) is 34.3 Å². The number of nitrogens with zero attached hydrogens (tertiary/aromatic N) is 5. The number of carbonyl (C=O) groups excluding carboxylic acids is 4. The number of thioether (sulfide) groups is 1. The summed E-state index contributed by atoms with van der Waals surface area (Å²) in [5.74, 6) is -0.850. The standard InChI is InChI=1S/C30H27N7O6S/c1-14-5-23-18(30-19(27(30)39)10-31-26(14)30)9-24(44-23)25(38)20-6-15(11-34(20)2)32-28(40)21-7-16(12-35(21)3)33-29(41)22-8-17(37(42)43)13-36(22)4/h6-14,23-24H,5H2,1-4H3,(H,32,40)(H,33,41)/t14-,23+,24?,30?/m0/s1. The van der Waals surface area contributed by atoms with Crippen LogP contribution < -0.4 is 10.6 Å². The first kappa shape index (κ1) is 27.8. The van der Waals surface area contributed by atoms with Gasteiger partial charge >= 0.3 is 0 Å². The molecule has 2 fully saturated rings. The molecule has 4 atom stereocenters. The maximum Gasteiger partial charge on any atom is 0.287 e. The van der Waals surface area contributed by atoms with Gasteiger partial charge < -0.3 is 24.3 Å². The zero-order chi connectivity index (χ0) is 31.2. The van der Waals surface area contributed by atoms with Gasteiger partial charge in [0.25, 0.3) is 17.5 Å². The number of fused-ring (bicyclic) bond motifs is 1. The van der Waals surface area contributed by atoms with Crippen LogP contribution in [0, 0.1) is 21.4 Å². The minimum absolute atomic E-state index is 0.0778. The van der Waals surface area contributed by atoms with Gasteiger partial charge in [-0.15, -0.1) is 11.8 Å². The summed E-state index contributed by atoms with van der Waals surface area (Å²) in [6, 6.07) is 4.30. The molecule has 2 amide bonds. The van der Waals surface area contributed by atoms with E-state index in [2.05, 4.69) is 22.5 Å². The highest BCUT2D eigenvalue weighted by Gasteiger charge is 2.72. The van der Waals surface area contributed by atoms with Crippen molar-refractivity contribution in [3.05, 3.63) is 87.4 Å². The Morgan fingerprint density at radius 2 is 1.57 bits per heavy atom. The first-order valence-corrected chi connectivity index (χ1v) is 14.9. The van der Waals surface area contributed by atoms with Crippen molar-refractivity contribution in [2.45, 2.75) is 23.8 Å². The van der Waals surface area contributed by atoms with E-state index in [9.17, 15) is 29.3 Å². The molecule has 3 aromatic rings. The van der Waals surface area contributed by atoms with Crippen molar-refractivity contribution in [2.24, 2.45) is 37.5 Å². The van der Waals surface area contributed by atoms with E-state index in [0.717, 1.165) is 23.3 Å². The summed E-state index contributed by atoms with van der Waals surface area (Å²) in [6.07, 6.45) is 8.92. The molecule has 3 aromatic heterocycles. The number of rotatable bonds is 7. The van der Waals surface area contributed by atoms with E-state index in [-0.39, 0.29) is 39.8 Å². The largest absolute Gasteiger partial charge is 0.346 e. The van der Waals surface area contributed by atoms with Crippen molar-refractivity contribution in [3.8, 4) is 0 Å². The molecule has 2 unspecified atom stereocenters. The quantitative estimate of drug-likeness (QED) is 0.178. The minimum atomic E-state index is -0.704. The average molecular weight is 614 g/mol. The van der Waals surface area contributed by atoms with Gasteiger partial charge in [-0.05, 0) is 30.0 Å². The van der Waals surface area contributed by atoms with Crippen LogP contribution in [0.3, 0.4) is 0 Å². The highest BCUT2D eigenvalue weighted by molar-refractivity contribution is 8.01. The highest BCUT2D eigenvalue weighted by Crippen LogP contribution is 2.66. The molecule has 2 N–H and O–H groups in total. The molecule has 0 bridgehead atoms. The first-order valence-electron chi connectivity index (χ1n) is 13.9. The number of nitro groups is 1. The normalized spacial score (nSPS) is 24.5. The van der Waals surface area contributed by atoms with Gasteiger partial charge in [0.05, 0.1) is 33.4 Å². The fraction of sp³-hybridized carbons (Fsp3) is 0.300. The van der Waals surface area contributed by atoms with Gasteiger partial charge in [0.2, 0.25) is 0 Å². The molecular weight excluding hydrogens is 586 g/mol. The molecular formula is C30H27N7O6S. The smallest absolute Gasteiger partial charge is 0.287 e. The predicted octanol–water partition coefficient (Wildman–Crippen LogP) is 3.66. The number of aryl methyl sites for hydroxylation is 3. The molecule has 2 aliphatic heterocycles. The first-order chi connectivity index (χ1) is 20.9. The van der Waals surface area contributed by atoms with Crippen LogP contribution in [-0.2, 0) is 25.9 Å². The molecule has 1 spiro atoms. The number of ketones is 2. The number of nitrogens with one attached hydrogen (secondary N) is 2. The third kappa shape index (κ3) is 3.97. The van der Waals surface area contributed by atoms with Crippen LogP contribution >= 0.6 is 11.8 Å². The van der Waals surface area contributed by atoms with Crippen molar-refractivity contribution in [1.82, 2.24) is 13.7 Å². The van der Waals surface area contributed by atoms with Gasteiger partial charge in [0, 0.05) is 62.3 Å². The van der Waals surface area contributed by atoms with Gasteiger partial charge in [-0.2, -0.15) is 0 Å². The molecule has 2 aliphatic carbocycles.